The van der Waals surface area contributed by atoms with E-state index in [2.05, 4.69) is 39.0 Å². The van der Waals surface area contributed by atoms with Crippen molar-refractivity contribution in [1.29, 1.82) is 0 Å². The Morgan fingerprint density at radius 3 is 2.57 bits per heavy atom. The molecule has 3 heteroatoms. The largest absolute Gasteiger partial charge is 0.481 e. The standard InChI is InChI=1S/C18H29NO2/c1-4-15(11-17(12-19)18(20)21)6-5-7-16-9-8-13(2)10-14(16)3/h8-10,15,17H,4-7,11-12,19H2,1-3H3,(H,20,21). The summed E-state index contributed by atoms with van der Waals surface area (Å²) in [4.78, 5) is 11.1. The second-order valence-corrected chi connectivity index (χ2v) is 6.10. The van der Waals surface area contributed by atoms with E-state index >= 15 is 0 Å². The van der Waals surface area contributed by atoms with Crippen LogP contribution in [0.15, 0.2) is 18.2 Å². The number of nitrogens with two attached hydrogens (primary N) is 1. The molecule has 0 heterocycles. The molecule has 0 saturated carbocycles. The monoisotopic (exact) mass is 291 g/mol. The van der Waals surface area contributed by atoms with Gasteiger partial charge in [0.15, 0.2) is 0 Å². The van der Waals surface area contributed by atoms with E-state index in [1.807, 2.05) is 0 Å². The van der Waals surface area contributed by atoms with Crippen LogP contribution >= 0.6 is 0 Å². The summed E-state index contributed by atoms with van der Waals surface area (Å²) >= 11 is 0. The number of carbonyl (C=O) groups is 1. The highest BCUT2D eigenvalue weighted by Crippen LogP contribution is 2.22. The van der Waals surface area contributed by atoms with Gasteiger partial charge in [-0.2, -0.15) is 0 Å². The number of aryl methyl sites for hydroxylation is 3. The normalized spacial score (nSPS) is 13.9. The number of carboxylic acids is 1. The molecule has 1 aromatic carbocycles. The van der Waals surface area contributed by atoms with Crippen LogP contribution in [0, 0.1) is 25.7 Å². The summed E-state index contributed by atoms with van der Waals surface area (Å²) in [7, 11) is 0. The minimum absolute atomic E-state index is 0.239. The molecule has 0 aliphatic heterocycles. The van der Waals surface area contributed by atoms with Crippen LogP contribution in [0.5, 0.6) is 0 Å². The van der Waals surface area contributed by atoms with Crippen molar-refractivity contribution in [2.75, 3.05) is 6.54 Å². The van der Waals surface area contributed by atoms with Gasteiger partial charge in [-0.15, -0.1) is 0 Å². The van der Waals surface area contributed by atoms with E-state index in [0.29, 0.717) is 12.3 Å². The van der Waals surface area contributed by atoms with Crippen LogP contribution in [0.2, 0.25) is 0 Å². The van der Waals surface area contributed by atoms with Crippen molar-refractivity contribution >= 4 is 5.97 Å². The van der Waals surface area contributed by atoms with Gasteiger partial charge in [-0.3, -0.25) is 4.79 Å². The predicted octanol–water partition coefficient (Wildman–Crippen LogP) is 3.70. The summed E-state index contributed by atoms with van der Waals surface area (Å²) in [6.45, 7) is 6.65. The lowest BCUT2D eigenvalue weighted by Gasteiger charge is -2.19. The van der Waals surface area contributed by atoms with E-state index in [-0.39, 0.29) is 6.54 Å². The topological polar surface area (TPSA) is 63.3 Å². The molecule has 0 aliphatic carbocycles. The highest BCUT2D eigenvalue weighted by atomic mass is 16.4. The summed E-state index contributed by atoms with van der Waals surface area (Å²) in [6.07, 6.45) is 4.99. The van der Waals surface area contributed by atoms with E-state index in [0.717, 1.165) is 25.7 Å². The maximum absolute atomic E-state index is 11.1. The van der Waals surface area contributed by atoms with Crippen LogP contribution in [0.1, 0.15) is 49.3 Å². The molecule has 118 valence electrons. The quantitative estimate of drug-likeness (QED) is 0.729. The molecule has 0 aromatic heterocycles. The zero-order chi connectivity index (χ0) is 15.8. The molecular weight excluding hydrogens is 262 g/mol. The Bertz CT molecular complexity index is 457. The molecule has 0 amide bonds. The van der Waals surface area contributed by atoms with Gasteiger partial charge in [-0.05, 0) is 50.2 Å². The van der Waals surface area contributed by atoms with Crippen molar-refractivity contribution in [3.05, 3.63) is 34.9 Å². The average molecular weight is 291 g/mol. The predicted molar refractivity (Wildman–Crippen MR) is 87.4 cm³/mol. The number of aliphatic carboxylic acids is 1. The van der Waals surface area contributed by atoms with E-state index in [1.165, 1.54) is 16.7 Å². The highest BCUT2D eigenvalue weighted by Gasteiger charge is 2.20. The molecule has 1 aromatic rings. The van der Waals surface area contributed by atoms with Gasteiger partial charge in [-0.25, -0.2) is 0 Å². The Labute approximate surface area is 128 Å². The fourth-order valence-electron chi connectivity index (χ4n) is 2.90. The van der Waals surface area contributed by atoms with Gasteiger partial charge in [0.2, 0.25) is 0 Å². The molecular formula is C18H29NO2. The lowest BCUT2D eigenvalue weighted by molar-refractivity contribution is -0.142. The Morgan fingerprint density at radius 2 is 2.05 bits per heavy atom. The molecule has 0 spiro atoms. The smallest absolute Gasteiger partial charge is 0.307 e. The SMILES string of the molecule is CCC(CCCc1ccc(C)cc1C)CC(CN)C(=O)O. The van der Waals surface area contributed by atoms with Crippen molar-refractivity contribution in [2.45, 2.75) is 52.9 Å². The summed E-state index contributed by atoms with van der Waals surface area (Å²) < 4.78 is 0. The first-order valence-corrected chi connectivity index (χ1v) is 7.96. The number of rotatable bonds is 9. The van der Waals surface area contributed by atoms with Crippen molar-refractivity contribution in [3.8, 4) is 0 Å². The average Bonchev–Trinajstić information content (AvgIpc) is 2.44. The highest BCUT2D eigenvalue weighted by molar-refractivity contribution is 5.70. The van der Waals surface area contributed by atoms with E-state index in [4.69, 9.17) is 10.8 Å². The summed E-state index contributed by atoms with van der Waals surface area (Å²) in [5.41, 5.74) is 9.61. The molecule has 0 fully saturated rings. The molecule has 0 saturated heterocycles. The van der Waals surface area contributed by atoms with Gasteiger partial charge < -0.3 is 10.8 Å². The van der Waals surface area contributed by atoms with Crippen LogP contribution in [-0.4, -0.2) is 17.6 Å². The molecule has 2 unspecified atom stereocenters. The van der Waals surface area contributed by atoms with E-state index < -0.39 is 11.9 Å². The van der Waals surface area contributed by atoms with Gasteiger partial charge in [-0.1, -0.05) is 43.5 Å². The van der Waals surface area contributed by atoms with Gasteiger partial charge in [0.05, 0.1) is 5.92 Å². The maximum atomic E-state index is 11.1. The van der Waals surface area contributed by atoms with Gasteiger partial charge in [0, 0.05) is 6.54 Å². The first-order chi connectivity index (χ1) is 9.97. The Kier molecular flexibility index (Phi) is 7.44. The van der Waals surface area contributed by atoms with Crippen LogP contribution in [0.25, 0.3) is 0 Å². The Hall–Kier alpha value is -1.35. The summed E-state index contributed by atoms with van der Waals surface area (Å²) in [5.74, 6) is -0.693. The van der Waals surface area contributed by atoms with Crippen LogP contribution < -0.4 is 5.73 Å². The molecule has 0 bridgehead atoms. The summed E-state index contributed by atoms with van der Waals surface area (Å²) in [5, 5.41) is 9.10. The first kappa shape index (κ1) is 17.7. The molecule has 1 rings (SSSR count). The zero-order valence-corrected chi connectivity index (χ0v) is 13.6. The number of benzene rings is 1. The number of hydrogen-bond donors (Lipinski definition) is 2. The number of carboxylic acid groups (broad SMARTS) is 1. The molecule has 0 aliphatic rings. The third-order valence-electron chi connectivity index (χ3n) is 4.39. The lowest BCUT2D eigenvalue weighted by atomic mass is 9.87. The zero-order valence-electron chi connectivity index (χ0n) is 13.6. The third kappa shape index (κ3) is 5.88. The van der Waals surface area contributed by atoms with Gasteiger partial charge >= 0.3 is 5.97 Å². The first-order valence-electron chi connectivity index (χ1n) is 7.96. The Morgan fingerprint density at radius 1 is 1.33 bits per heavy atom. The van der Waals surface area contributed by atoms with Crippen LogP contribution in [0.4, 0.5) is 0 Å². The van der Waals surface area contributed by atoms with Crippen molar-refractivity contribution in [2.24, 2.45) is 17.6 Å². The third-order valence-corrected chi connectivity index (χ3v) is 4.39. The maximum Gasteiger partial charge on any atom is 0.307 e. The fraction of sp³-hybridized carbons (Fsp3) is 0.611. The molecule has 2 atom stereocenters. The number of hydrogen-bond acceptors (Lipinski definition) is 2. The van der Waals surface area contributed by atoms with E-state index in [9.17, 15) is 4.79 Å². The molecule has 0 radical (unpaired) electrons. The summed E-state index contributed by atoms with van der Waals surface area (Å²) in [6, 6.07) is 6.60. The van der Waals surface area contributed by atoms with Crippen molar-refractivity contribution < 1.29 is 9.90 Å². The minimum atomic E-state index is -0.759. The molecule has 21 heavy (non-hydrogen) atoms. The van der Waals surface area contributed by atoms with Crippen LogP contribution in [-0.2, 0) is 11.2 Å². The fourth-order valence-corrected chi connectivity index (χ4v) is 2.90. The van der Waals surface area contributed by atoms with Crippen molar-refractivity contribution in [1.82, 2.24) is 0 Å². The lowest BCUT2D eigenvalue weighted by Crippen LogP contribution is -2.25. The van der Waals surface area contributed by atoms with E-state index in [1.54, 1.807) is 0 Å². The Balaban J connectivity index is 2.46. The van der Waals surface area contributed by atoms with Gasteiger partial charge in [0.25, 0.3) is 0 Å². The molecule has 3 nitrogen and oxygen atoms in total. The minimum Gasteiger partial charge on any atom is -0.481 e. The van der Waals surface area contributed by atoms with Crippen LogP contribution in [0.3, 0.4) is 0 Å². The van der Waals surface area contributed by atoms with Crippen molar-refractivity contribution in [3.63, 3.8) is 0 Å². The second-order valence-electron chi connectivity index (χ2n) is 6.10. The molecule has 3 N–H and O–H groups in total. The second kappa shape index (κ2) is 8.83. The van der Waals surface area contributed by atoms with Gasteiger partial charge in [0.1, 0.15) is 0 Å².